The molecule has 0 spiro atoms. The van der Waals surface area contributed by atoms with Gasteiger partial charge in [-0.15, -0.1) is 0 Å². The van der Waals surface area contributed by atoms with Crippen molar-refractivity contribution in [2.45, 2.75) is 13.0 Å². The highest BCUT2D eigenvalue weighted by Crippen LogP contribution is 2.04. The van der Waals surface area contributed by atoms with Crippen molar-refractivity contribution in [2.24, 2.45) is 0 Å². The number of nitrogens with one attached hydrogen (secondary N) is 2. The Kier molecular flexibility index (Phi) is 7.89. The summed E-state index contributed by atoms with van der Waals surface area (Å²) in [6.07, 6.45) is 2.01. The van der Waals surface area contributed by atoms with Gasteiger partial charge in [0.1, 0.15) is 11.6 Å². The van der Waals surface area contributed by atoms with Crippen LogP contribution in [0, 0.1) is 11.3 Å². The molecular weight excluding hydrogens is 298 g/mol. The van der Waals surface area contributed by atoms with E-state index in [1.165, 1.54) is 18.3 Å². The lowest BCUT2D eigenvalue weighted by Crippen LogP contribution is -2.27. The molecule has 1 rings (SSSR count). The molecule has 0 saturated heterocycles. The second-order valence-electron chi connectivity index (χ2n) is 4.66. The van der Waals surface area contributed by atoms with Gasteiger partial charge in [-0.3, -0.25) is 4.79 Å². The molecule has 0 aliphatic rings. The maximum atomic E-state index is 11.8. The number of carbonyl (C=O) groups is 2. The van der Waals surface area contributed by atoms with E-state index in [1.54, 1.807) is 19.2 Å². The Bertz CT molecular complexity index is 603. The van der Waals surface area contributed by atoms with Crippen molar-refractivity contribution in [3.8, 4) is 6.07 Å². The van der Waals surface area contributed by atoms with Gasteiger partial charge >= 0.3 is 5.97 Å². The van der Waals surface area contributed by atoms with E-state index in [0.717, 1.165) is 5.56 Å². The van der Waals surface area contributed by atoms with Gasteiger partial charge in [-0.05, 0) is 24.1 Å². The van der Waals surface area contributed by atoms with E-state index in [0.29, 0.717) is 26.1 Å². The Morgan fingerprint density at radius 3 is 2.61 bits per heavy atom. The molecule has 1 aromatic carbocycles. The van der Waals surface area contributed by atoms with Crippen LogP contribution in [0.15, 0.2) is 36.0 Å². The van der Waals surface area contributed by atoms with Crippen LogP contribution in [0.25, 0.3) is 0 Å². The van der Waals surface area contributed by atoms with Crippen LogP contribution in [-0.4, -0.2) is 37.2 Å². The second-order valence-corrected chi connectivity index (χ2v) is 4.66. The standard InChI is InChI=1S/C16H19N3O4/c1-23-8-2-7-19-15(20)14(9-17)11-18-10-12-3-5-13(6-4-12)16(21)22/h3-6,11,18H,2,7-8,10H2,1H3,(H,19,20)(H,21,22)/b14-11-. The minimum absolute atomic E-state index is 0.0235. The molecule has 1 amide bonds. The first-order valence-electron chi connectivity index (χ1n) is 7.01. The summed E-state index contributed by atoms with van der Waals surface area (Å²) < 4.78 is 4.87. The molecule has 0 fully saturated rings. The van der Waals surface area contributed by atoms with E-state index in [2.05, 4.69) is 10.6 Å². The number of carboxylic acid groups (broad SMARTS) is 1. The van der Waals surface area contributed by atoms with Crippen molar-refractivity contribution in [3.63, 3.8) is 0 Å². The lowest BCUT2D eigenvalue weighted by molar-refractivity contribution is -0.117. The van der Waals surface area contributed by atoms with Crippen LogP contribution in [0.3, 0.4) is 0 Å². The summed E-state index contributed by atoms with van der Waals surface area (Å²) >= 11 is 0. The molecule has 0 aliphatic heterocycles. The summed E-state index contributed by atoms with van der Waals surface area (Å²) in [5.41, 5.74) is 1.02. The van der Waals surface area contributed by atoms with Crippen molar-refractivity contribution < 1.29 is 19.4 Å². The van der Waals surface area contributed by atoms with Crippen molar-refractivity contribution in [1.29, 1.82) is 5.26 Å². The van der Waals surface area contributed by atoms with Crippen LogP contribution in [0.5, 0.6) is 0 Å². The third-order valence-corrected chi connectivity index (χ3v) is 2.93. The maximum Gasteiger partial charge on any atom is 0.335 e. The summed E-state index contributed by atoms with van der Waals surface area (Å²) in [4.78, 5) is 22.5. The molecule has 1 aromatic rings. The quantitative estimate of drug-likeness (QED) is 0.356. The number of hydrogen-bond acceptors (Lipinski definition) is 5. The molecule has 0 atom stereocenters. The number of benzene rings is 1. The minimum atomic E-state index is -0.985. The number of ether oxygens (including phenoxy) is 1. The zero-order chi connectivity index (χ0) is 17.1. The normalized spacial score (nSPS) is 10.7. The zero-order valence-electron chi connectivity index (χ0n) is 12.8. The van der Waals surface area contributed by atoms with E-state index >= 15 is 0 Å². The predicted molar refractivity (Wildman–Crippen MR) is 83.4 cm³/mol. The number of amides is 1. The number of nitriles is 1. The fraction of sp³-hybridized carbons (Fsp3) is 0.312. The lowest BCUT2D eigenvalue weighted by Gasteiger charge is -2.05. The Morgan fingerprint density at radius 1 is 1.35 bits per heavy atom. The predicted octanol–water partition coefficient (Wildman–Crippen LogP) is 1.03. The Labute approximate surface area is 134 Å². The van der Waals surface area contributed by atoms with E-state index in [4.69, 9.17) is 15.1 Å². The average molecular weight is 317 g/mol. The van der Waals surface area contributed by atoms with E-state index in [-0.39, 0.29) is 11.1 Å². The van der Waals surface area contributed by atoms with Crippen LogP contribution in [0.4, 0.5) is 0 Å². The first kappa shape index (κ1) is 18.2. The fourth-order valence-corrected chi connectivity index (χ4v) is 1.70. The number of nitrogens with zero attached hydrogens (tertiary/aromatic N) is 1. The van der Waals surface area contributed by atoms with Gasteiger partial charge in [-0.1, -0.05) is 12.1 Å². The van der Waals surface area contributed by atoms with Crippen LogP contribution >= 0.6 is 0 Å². The second kappa shape index (κ2) is 9.97. The topological polar surface area (TPSA) is 111 Å². The zero-order valence-corrected chi connectivity index (χ0v) is 12.8. The van der Waals surface area contributed by atoms with Crippen molar-refractivity contribution in [1.82, 2.24) is 10.6 Å². The van der Waals surface area contributed by atoms with Crippen LogP contribution < -0.4 is 10.6 Å². The van der Waals surface area contributed by atoms with Crippen LogP contribution in [-0.2, 0) is 16.1 Å². The Hall–Kier alpha value is -2.85. The molecule has 0 aliphatic carbocycles. The SMILES string of the molecule is COCCCNC(=O)/C(C#N)=C\NCc1ccc(C(=O)O)cc1. The van der Waals surface area contributed by atoms with Gasteiger partial charge in [0.25, 0.3) is 5.91 Å². The number of rotatable bonds is 9. The third kappa shape index (κ3) is 6.63. The van der Waals surface area contributed by atoms with Crippen molar-refractivity contribution >= 4 is 11.9 Å². The minimum Gasteiger partial charge on any atom is -0.478 e. The van der Waals surface area contributed by atoms with Gasteiger partial charge in [0.05, 0.1) is 5.56 Å². The molecule has 0 radical (unpaired) electrons. The first-order valence-corrected chi connectivity index (χ1v) is 7.01. The molecule has 0 heterocycles. The summed E-state index contributed by atoms with van der Waals surface area (Å²) in [7, 11) is 1.58. The average Bonchev–Trinajstić information content (AvgIpc) is 2.56. The molecule has 0 saturated carbocycles. The van der Waals surface area contributed by atoms with Gasteiger partial charge < -0.3 is 20.5 Å². The highest BCUT2D eigenvalue weighted by atomic mass is 16.5. The summed E-state index contributed by atoms with van der Waals surface area (Å²) in [6, 6.07) is 8.16. The van der Waals surface area contributed by atoms with Crippen LogP contribution in [0.1, 0.15) is 22.3 Å². The number of aromatic carboxylic acids is 1. The molecule has 0 bridgehead atoms. The van der Waals surface area contributed by atoms with Crippen molar-refractivity contribution in [2.75, 3.05) is 20.3 Å². The maximum absolute atomic E-state index is 11.8. The largest absolute Gasteiger partial charge is 0.478 e. The van der Waals surface area contributed by atoms with Gasteiger partial charge in [-0.25, -0.2) is 4.79 Å². The van der Waals surface area contributed by atoms with E-state index < -0.39 is 11.9 Å². The highest BCUT2D eigenvalue weighted by molar-refractivity contribution is 5.97. The van der Waals surface area contributed by atoms with Gasteiger partial charge in [0.2, 0.25) is 0 Å². The summed E-state index contributed by atoms with van der Waals surface area (Å²) in [6.45, 7) is 1.35. The summed E-state index contributed by atoms with van der Waals surface area (Å²) in [5, 5.41) is 23.3. The molecule has 23 heavy (non-hydrogen) atoms. The molecule has 122 valence electrons. The smallest absolute Gasteiger partial charge is 0.335 e. The van der Waals surface area contributed by atoms with E-state index in [9.17, 15) is 9.59 Å². The molecule has 7 nitrogen and oxygen atoms in total. The highest BCUT2D eigenvalue weighted by Gasteiger charge is 2.07. The molecule has 3 N–H and O–H groups in total. The third-order valence-electron chi connectivity index (χ3n) is 2.93. The molecule has 7 heteroatoms. The number of carboxylic acids is 1. The fourth-order valence-electron chi connectivity index (χ4n) is 1.70. The van der Waals surface area contributed by atoms with Gasteiger partial charge in [0, 0.05) is 33.0 Å². The van der Waals surface area contributed by atoms with Gasteiger partial charge in [-0.2, -0.15) is 5.26 Å². The molecular formula is C16H19N3O4. The first-order chi connectivity index (χ1) is 11.1. The number of methoxy groups -OCH3 is 1. The Balaban J connectivity index is 2.48. The lowest BCUT2D eigenvalue weighted by atomic mass is 10.1. The van der Waals surface area contributed by atoms with Crippen LogP contribution in [0.2, 0.25) is 0 Å². The van der Waals surface area contributed by atoms with E-state index in [1.807, 2.05) is 6.07 Å². The van der Waals surface area contributed by atoms with Crippen molar-refractivity contribution in [3.05, 3.63) is 47.2 Å². The molecule has 0 unspecified atom stereocenters. The number of hydrogen-bond donors (Lipinski definition) is 3. The Morgan fingerprint density at radius 2 is 2.04 bits per heavy atom. The summed E-state index contributed by atoms with van der Waals surface area (Å²) in [5.74, 6) is -1.43. The molecule has 0 aromatic heterocycles. The number of carbonyl (C=O) groups excluding carboxylic acids is 1. The van der Waals surface area contributed by atoms with Gasteiger partial charge in [0.15, 0.2) is 0 Å². The monoisotopic (exact) mass is 317 g/mol.